The second kappa shape index (κ2) is 5.21. The van der Waals surface area contributed by atoms with Crippen LogP contribution < -0.4 is 5.32 Å². The standard InChI is InChI=1S/C13H18N2O/c1-10-6-7-11(8-14-10)13(16)9-15-12-4-2-3-5-12/h6-8,12,15H,2-5,9H2,1H3. The Bertz CT molecular complexity index is 353. The van der Waals surface area contributed by atoms with Crippen LogP contribution in [0.1, 0.15) is 41.7 Å². The number of ketones is 1. The maximum atomic E-state index is 11.8. The molecule has 0 amide bonds. The van der Waals surface area contributed by atoms with Crippen LogP contribution in [0.5, 0.6) is 0 Å². The van der Waals surface area contributed by atoms with Crippen LogP contribution in [-0.2, 0) is 0 Å². The van der Waals surface area contributed by atoms with Gasteiger partial charge < -0.3 is 5.32 Å². The van der Waals surface area contributed by atoms with Crippen molar-refractivity contribution in [1.29, 1.82) is 0 Å². The average Bonchev–Trinajstić information content (AvgIpc) is 2.80. The molecule has 0 unspecified atom stereocenters. The van der Waals surface area contributed by atoms with Crippen LogP contribution in [0.15, 0.2) is 18.3 Å². The number of nitrogens with zero attached hydrogens (tertiary/aromatic N) is 1. The Morgan fingerprint density at radius 1 is 1.44 bits per heavy atom. The van der Waals surface area contributed by atoms with Crippen LogP contribution in [-0.4, -0.2) is 23.4 Å². The Labute approximate surface area is 96.3 Å². The molecule has 86 valence electrons. The van der Waals surface area contributed by atoms with Crippen LogP contribution in [0.4, 0.5) is 0 Å². The van der Waals surface area contributed by atoms with E-state index in [-0.39, 0.29) is 5.78 Å². The van der Waals surface area contributed by atoms with Crippen LogP contribution in [0.2, 0.25) is 0 Å². The summed E-state index contributed by atoms with van der Waals surface area (Å²) in [4.78, 5) is 15.9. The average molecular weight is 218 g/mol. The molecule has 0 atom stereocenters. The van der Waals surface area contributed by atoms with Gasteiger partial charge in [-0.05, 0) is 31.9 Å². The lowest BCUT2D eigenvalue weighted by Gasteiger charge is -2.10. The number of Topliss-reactive ketones (excluding diaryl/α,β-unsaturated/α-hetero) is 1. The van der Waals surface area contributed by atoms with Gasteiger partial charge in [0.1, 0.15) is 0 Å². The smallest absolute Gasteiger partial charge is 0.178 e. The Balaban J connectivity index is 1.85. The predicted octanol–water partition coefficient (Wildman–Crippen LogP) is 2.10. The van der Waals surface area contributed by atoms with E-state index in [1.165, 1.54) is 25.7 Å². The molecule has 0 spiro atoms. The first-order valence-electron chi connectivity index (χ1n) is 5.95. The second-order valence-corrected chi connectivity index (χ2v) is 4.47. The number of rotatable bonds is 4. The third-order valence-corrected chi connectivity index (χ3v) is 3.14. The molecule has 0 bridgehead atoms. The molecule has 1 heterocycles. The van der Waals surface area contributed by atoms with E-state index in [1.54, 1.807) is 6.20 Å². The Morgan fingerprint density at radius 2 is 2.19 bits per heavy atom. The summed E-state index contributed by atoms with van der Waals surface area (Å²) in [5.74, 6) is 0.138. The topological polar surface area (TPSA) is 42.0 Å². The molecule has 0 radical (unpaired) electrons. The first-order chi connectivity index (χ1) is 7.75. The minimum atomic E-state index is 0.138. The van der Waals surface area contributed by atoms with E-state index < -0.39 is 0 Å². The van der Waals surface area contributed by atoms with Gasteiger partial charge in [0.2, 0.25) is 0 Å². The van der Waals surface area contributed by atoms with Crippen LogP contribution >= 0.6 is 0 Å². The largest absolute Gasteiger partial charge is 0.307 e. The first-order valence-corrected chi connectivity index (χ1v) is 5.95. The zero-order chi connectivity index (χ0) is 11.4. The van der Waals surface area contributed by atoms with Crippen molar-refractivity contribution in [2.45, 2.75) is 38.6 Å². The van der Waals surface area contributed by atoms with Crippen LogP contribution in [0, 0.1) is 6.92 Å². The van der Waals surface area contributed by atoms with E-state index in [0.717, 1.165) is 5.69 Å². The first kappa shape index (κ1) is 11.3. The van der Waals surface area contributed by atoms with E-state index in [2.05, 4.69) is 10.3 Å². The number of carbonyl (C=O) groups is 1. The fourth-order valence-corrected chi connectivity index (χ4v) is 2.10. The summed E-state index contributed by atoms with van der Waals surface area (Å²) >= 11 is 0. The molecule has 1 aromatic rings. The van der Waals surface area contributed by atoms with Gasteiger partial charge in [0.15, 0.2) is 5.78 Å². The third-order valence-electron chi connectivity index (χ3n) is 3.14. The minimum Gasteiger partial charge on any atom is -0.307 e. The Hall–Kier alpha value is -1.22. The summed E-state index contributed by atoms with van der Waals surface area (Å²) in [6.45, 7) is 2.36. The zero-order valence-corrected chi connectivity index (χ0v) is 9.70. The zero-order valence-electron chi connectivity index (χ0n) is 9.70. The normalized spacial score (nSPS) is 16.6. The van der Waals surface area contributed by atoms with Gasteiger partial charge in [0.05, 0.1) is 6.54 Å². The van der Waals surface area contributed by atoms with Gasteiger partial charge in [-0.1, -0.05) is 12.8 Å². The van der Waals surface area contributed by atoms with E-state index >= 15 is 0 Å². The Morgan fingerprint density at radius 3 is 2.81 bits per heavy atom. The molecular weight excluding hydrogens is 200 g/mol. The maximum absolute atomic E-state index is 11.8. The highest BCUT2D eigenvalue weighted by Crippen LogP contribution is 2.17. The van der Waals surface area contributed by atoms with Gasteiger partial charge in [-0.25, -0.2) is 0 Å². The molecule has 1 aromatic heterocycles. The van der Waals surface area contributed by atoms with Gasteiger partial charge in [-0.3, -0.25) is 9.78 Å². The van der Waals surface area contributed by atoms with Gasteiger partial charge >= 0.3 is 0 Å². The lowest BCUT2D eigenvalue weighted by atomic mass is 10.1. The number of aryl methyl sites for hydroxylation is 1. The SMILES string of the molecule is Cc1ccc(C(=O)CNC2CCCC2)cn1. The fourth-order valence-electron chi connectivity index (χ4n) is 2.10. The molecular formula is C13H18N2O. The summed E-state index contributed by atoms with van der Waals surface area (Å²) in [6.07, 6.45) is 6.66. The molecule has 2 rings (SSSR count). The van der Waals surface area contributed by atoms with Crippen molar-refractivity contribution in [2.24, 2.45) is 0 Å². The summed E-state index contributed by atoms with van der Waals surface area (Å²) in [5, 5.41) is 3.32. The van der Waals surface area contributed by atoms with E-state index in [0.29, 0.717) is 18.2 Å². The number of aromatic nitrogens is 1. The highest BCUT2D eigenvalue weighted by molar-refractivity contribution is 5.97. The van der Waals surface area contributed by atoms with E-state index in [4.69, 9.17) is 0 Å². The molecule has 0 aliphatic heterocycles. The monoisotopic (exact) mass is 218 g/mol. The van der Waals surface area contributed by atoms with Crippen molar-refractivity contribution < 1.29 is 4.79 Å². The molecule has 0 aromatic carbocycles. The number of hydrogen-bond acceptors (Lipinski definition) is 3. The summed E-state index contributed by atoms with van der Waals surface area (Å²) in [5.41, 5.74) is 1.65. The number of nitrogens with one attached hydrogen (secondary N) is 1. The minimum absolute atomic E-state index is 0.138. The highest BCUT2D eigenvalue weighted by Gasteiger charge is 2.15. The lowest BCUT2D eigenvalue weighted by molar-refractivity contribution is 0.0987. The van der Waals surface area contributed by atoms with Gasteiger partial charge in [0, 0.05) is 23.5 Å². The van der Waals surface area contributed by atoms with Crippen molar-refractivity contribution in [1.82, 2.24) is 10.3 Å². The third kappa shape index (κ3) is 2.89. The number of hydrogen-bond donors (Lipinski definition) is 1. The van der Waals surface area contributed by atoms with Crippen LogP contribution in [0.3, 0.4) is 0 Å². The summed E-state index contributed by atoms with van der Waals surface area (Å²) < 4.78 is 0. The summed E-state index contributed by atoms with van der Waals surface area (Å²) in [6, 6.07) is 4.27. The Kier molecular flexibility index (Phi) is 3.67. The second-order valence-electron chi connectivity index (χ2n) is 4.47. The lowest BCUT2D eigenvalue weighted by Crippen LogP contribution is -2.31. The molecule has 3 nitrogen and oxygen atoms in total. The van der Waals surface area contributed by atoms with Gasteiger partial charge in [0.25, 0.3) is 0 Å². The van der Waals surface area contributed by atoms with Crippen molar-refractivity contribution in [3.05, 3.63) is 29.6 Å². The van der Waals surface area contributed by atoms with Gasteiger partial charge in [-0.15, -0.1) is 0 Å². The molecule has 0 saturated heterocycles. The molecule has 16 heavy (non-hydrogen) atoms. The predicted molar refractivity (Wildman–Crippen MR) is 63.6 cm³/mol. The van der Waals surface area contributed by atoms with Crippen molar-refractivity contribution >= 4 is 5.78 Å². The maximum Gasteiger partial charge on any atom is 0.178 e. The molecule has 3 heteroatoms. The quantitative estimate of drug-likeness (QED) is 0.787. The molecule has 1 saturated carbocycles. The van der Waals surface area contributed by atoms with Gasteiger partial charge in [-0.2, -0.15) is 0 Å². The van der Waals surface area contributed by atoms with Crippen molar-refractivity contribution in [3.8, 4) is 0 Å². The molecule has 1 aliphatic rings. The van der Waals surface area contributed by atoms with Crippen LogP contribution in [0.25, 0.3) is 0 Å². The number of pyridine rings is 1. The number of carbonyl (C=O) groups excluding carboxylic acids is 1. The molecule has 1 fully saturated rings. The molecule has 1 aliphatic carbocycles. The van der Waals surface area contributed by atoms with Crippen molar-refractivity contribution in [3.63, 3.8) is 0 Å². The van der Waals surface area contributed by atoms with E-state index in [9.17, 15) is 4.79 Å². The van der Waals surface area contributed by atoms with Crippen molar-refractivity contribution in [2.75, 3.05) is 6.54 Å². The van der Waals surface area contributed by atoms with E-state index in [1.807, 2.05) is 19.1 Å². The highest BCUT2D eigenvalue weighted by atomic mass is 16.1. The summed E-state index contributed by atoms with van der Waals surface area (Å²) in [7, 11) is 0. The fraction of sp³-hybridized carbons (Fsp3) is 0.538. The molecule has 1 N–H and O–H groups in total.